The molecule has 32 nitrogen and oxygen atoms in total. The van der Waals surface area contributed by atoms with Gasteiger partial charge in [-0.3, -0.25) is 4.57 Å². The maximum atomic E-state index is 11.5. The average Bonchev–Trinajstić information content (AvgIpc) is 2.96. The largest absolute Gasteiger partial charge is 0.466 e. The van der Waals surface area contributed by atoms with Crippen LogP contribution in [-0.2, 0) is 38.7 Å². The number of rotatable bonds is 3. The first-order chi connectivity index (χ1) is 20.5. The van der Waals surface area contributed by atoms with E-state index < -0.39 is 83.6 Å². The predicted octanol–water partition coefficient (Wildman–Crippen LogP) is -8.26. The fraction of sp³-hybridized carbons (Fsp3) is 0.600. The van der Waals surface area contributed by atoms with Gasteiger partial charge in [0.15, 0.2) is 0 Å². The van der Waals surface area contributed by atoms with E-state index in [9.17, 15) is 15.0 Å². The maximum Gasteiger partial charge on any atom is 0.466 e. The molecule has 23 N–H and O–H groups in total. The van der Waals surface area contributed by atoms with Crippen LogP contribution in [-0.4, -0.2) is 144 Å². The van der Waals surface area contributed by atoms with Gasteiger partial charge in [-0.05, 0) is 6.07 Å². The van der Waals surface area contributed by atoms with E-state index in [2.05, 4.69) is 4.98 Å². The molecule has 48 heavy (non-hydrogen) atoms. The van der Waals surface area contributed by atoms with Crippen molar-refractivity contribution >= 4 is 52.8 Å². The molecule has 0 aliphatic carbocycles. The van der Waals surface area contributed by atoms with Gasteiger partial charge in [0.2, 0.25) is 0 Å². The van der Waals surface area contributed by atoms with Crippen molar-refractivity contribution in [2.45, 2.75) is 31.0 Å². The van der Waals surface area contributed by atoms with Gasteiger partial charge >= 0.3 is 52.6 Å². The molecule has 1 aromatic heterocycles. The molecule has 4 atom stereocenters. The van der Waals surface area contributed by atoms with Crippen LogP contribution in [0.4, 0.5) is 5.82 Å². The van der Waals surface area contributed by atoms with E-state index in [0.29, 0.717) is 0 Å². The van der Waals surface area contributed by atoms with Gasteiger partial charge in [-0.2, -0.15) is 4.98 Å². The van der Waals surface area contributed by atoms with Crippen molar-refractivity contribution in [1.82, 2.24) is 9.55 Å². The van der Waals surface area contributed by atoms with E-state index in [1.165, 1.54) is 16.8 Å². The lowest BCUT2D eigenvalue weighted by atomic mass is 10.1. The number of nitrogens with two attached hydrogens (primary N) is 1. The zero-order valence-corrected chi connectivity index (χ0v) is 28.1. The average molecular weight is 845 g/mol. The molecular formula is C10H33N3O29P6. The molecule has 1 aliphatic heterocycles. The van der Waals surface area contributed by atoms with Crippen LogP contribution in [0.15, 0.2) is 17.1 Å². The number of hydrogen-bond acceptors (Lipinski definition) is 13. The van der Waals surface area contributed by atoms with Gasteiger partial charge in [0.1, 0.15) is 30.2 Å². The fourth-order valence-corrected chi connectivity index (χ4v) is 1.90. The number of nitrogen functional groups attached to an aromatic ring is 1. The number of aliphatic hydroxyl groups excluding tert-OH is 3. The Morgan fingerprint density at radius 3 is 1.06 bits per heavy atom. The van der Waals surface area contributed by atoms with Crippen molar-refractivity contribution in [3.05, 3.63) is 22.7 Å². The predicted molar refractivity (Wildman–Crippen MR) is 146 cm³/mol. The van der Waals surface area contributed by atoms with Gasteiger partial charge in [0.05, 0.1) is 13.2 Å². The van der Waals surface area contributed by atoms with Gasteiger partial charge in [0.25, 0.3) is 0 Å². The number of anilines is 1. The topological polar surface area (TPSA) is 597 Å². The van der Waals surface area contributed by atoms with Crippen molar-refractivity contribution in [2.24, 2.45) is 0 Å². The smallest absolute Gasteiger partial charge is 0.394 e. The fourth-order valence-electron chi connectivity index (χ4n) is 1.90. The summed E-state index contributed by atoms with van der Waals surface area (Å²) in [5.74, 6) is 0.109. The number of aliphatic hydroxyl groups is 3. The second-order valence-electron chi connectivity index (χ2n) is 7.24. The van der Waals surface area contributed by atoms with Crippen LogP contribution in [0.3, 0.4) is 0 Å². The van der Waals surface area contributed by atoms with E-state index in [0.717, 1.165) is 0 Å². The molecule has 1 aliphatic rings. The summed E-state index contributed by atoms with van der Waals surface area (Å²) >= 11 is 0. The van der Waals surface area contributed by atoms with Crippen molar-refractivity contribution < 1.29 is 136 Å². The van der Waals surface area contributed by atoms with Gasteiger partial charge < -0.3 is 114 Å². The minimum Gasteiger partial charge on any atom is -0.394 e. The number of hydrogen-bond donors (Lipinski definition) is 22. The highest BCUT2D eigenvalue weighted by Crippen LogP contribution is 2.28. The molecule has 2 heterocycles. The number of aromatic nitrogens is 2. The lowest BCUT2D eigenvalue weighted by molar-refractivity contribution is -0.0269. The highest BCUT2D eigenvalue weighted by atomic mass is 31.2. The molecule has 1 fully saturated rings. The van der Waals surface area contributed by atoms with Crippen molar-refractivity contribution in [1.29, 1.82) is 0 Å². The Morgan fingerprint density at radius 1 is 0.604 bits per heavy atom. The van der Waals surface area contributed by atoms with Gasteiger partial charge in [0, 0.05) is 6.20 Å². The Labute approximate surface area is 264 Å². The molecule has 0 spiro atoms. The molecule has 0 bridgehead atoms. The number of ether oxygens (including phenoxy) is 1. The zero-order chi connectivity index (χ0) is 40.3. The van der Waals surface area contributed by atoms with Crippen molar-refractivity contribution in [3.63, 3.8) is 0 Å². The highest BCUT2D eigenvalue weighted by Gasteiger charge is 2.42. The van der Waals surface area contributed by atoms with Crippen LogP contribution >= 0.6 is 46.9 Å². The third-order valence-corrected chi connectivity index (χ3v) is 2.91. The molecule has 38 heteroatoms. The molecule has 1 saturated heterocycles. The first-order valence-corrected chi connectivity index (χ1v) is 19.6. The molecule has 0 aromatic carbocycles. The third-order valence-electron chi connectivity index (χ3n) is 2.91. The van der Waals surface area contributed by atoms with Crippen LogP contribution in [0.1, 0.15) is 0 Å². The van der Waals surface area contributed by atoms with Gasteiger partial charge in [-0.25, -0.2) is 32.2 Å². The van der Waals surface area contributed by atoms with Crippen LogP contribution in [0.5, 0.6) is 0 Å². The quantitative estimate of drug-likeness (QED) is 0.126. The van der Waals surface area contributed by atoms with E-state index >= 15 is 0 Å². The van der Waals surface area contributed by atoms with Gasteiger partial charge in [-0.15, -0.1) is 0 Å². The number of phosphoric acid groups is 6. The second kappa shape index (κ2) is 24.4. The summed E-state index contributed by atoms with van der Waals surface area (Å²) in [4.78, 5) is 144. The van der Waals surface area contributed by atoms with Gasteiger partial charge in [-0.1, -0.05) is 0 Å². The van der Waals surface area contributed by atoms with E-state index in [-0.39, 0.29) is 12.4 Å². The summed E-state index contributed by atoms with van der Waals surface area (Å²) in [5, 5.41) is 28.2. The lowest BCUT2D eigenvalue weighted by Crippen LogP contribution is -2.37. The number of nitrogens with zero attached hydrogens (tertiary/aromatic N) is 2. The summed E-state index contributed by atoms with van der Waals surface area (Å²) in [6, 6.07) is 1.45. The summed E-state index contributed by atoms with van der Waals surface area (Å²) in [7, 11) is -27.8. The normalized spacial score (nSPS) is 19.3. The Bertz CT molecular complexity index is 1160. The standard InChI is InChI=1S/C10H15N3O5.6H3O4P/c11-7-1-2-13(10(17)12-7)3-5-8(15)9(16)6(4-14)18-5;6*1-5(2,3)4/h1-2,5-6,8-9,14-16H,3-4H2,(H2,11,12,17);6*(H3,1,2,3,4)/t5-,6+,8-,9+;;;;;;/m0....../s1. The molecule has 0 unspecified atom stereocenters. The molecule has 1 aromatic rings. The van der Waals surface area contributed by atoms with Crippen molar-refractivity contribution in [3.8, 4) is 0 Å². The molecular weight excluding hydrogens is 812 g/mol. The third kappa shape index (κ3) is 75.5. The summed E-state index contributed by atoms with van der Waals surface area (Å²) < 4.78 is 59.8. The second-order valence-corrected chi connectivity index (χ2v) is 13.4. The minimum absolute atomic E-state index is 0.0286. The van der Waals surface area contributed by atoms with Crippen LogP contribution in [0.25, 0.3) is 0 Å². The van der Waals surface area contributed by atoms with Crippen LogP contribution in [0, 0.1) is 0 Å². The van der Waals surface area contributed by atoms with Crippen LogP contribution in [0.2, 0.25) is 0 Å². The summed E-state index contributed by atoms with van der Waals surface area (Å²) in [6.07, 6.45) is -2.52. The Kier molecular flexibility index (Phi) is 28.7. The van der Waals surface area contributed by atoms with Crippen molar-refractivity contribution in [2.75, 3.05) is 12.3 Å². The summed E-state index contributed by atoms with van der Waals surface area (Å²) in [5.41, 5.74) is 4.79. The Hall–Kier alpha value is -0.820. The lowest BCUT2D eigenvalue weighted by Gasteiger charge is -2.15. The minimum atomic E-state index is -4.64. The first kappa shape index (κ1) is 56.6. The van der Waals surface area contributed by atoms with Crippen LogP contribution < -0.4 is 11.4 Å². The SMILES string of the molecule is Nc1ccn(C[C@@H]2O[C@H](CO)[C@@H](O)[C@H]2O)c(=O)n1.O=P(O)(O)O.O=P(O)(O)O.O=P(O)(O)O.O=P(O)(O)O.O=P(O)(O)O.O=P(O)(O)O. The molecule has 0 radical (unpaired) electrons. The molecule has 0 saturated carbocycles. The maximum absolute atomic E-state index is 11.5. The molecule has 292 valence electrons. The Balaban J connectivity index is -0.000000171. The Morgan fingerprint density at radius 2 is 0.854 bits per heavy atom. The first-order valence-electron chi connectivity index (χ1n) is 10.2. The molecule has 0 amide bonds. The zero-order valence-electron chi connectivity index (χ0n) is 22.7. The summed E-state index contributed by atoms with van der Waals surface area (Å²) in [6.45, 7) is -0.371. The van der Waals surface area contributed by atoms with E-state index in [4.69, 9.17) is 131 Å². The van der Waals surface area contributed by atoms with E-state index in [1.807, 2.05) is 0 Å². The van der Waals surface area contributed by atoms with E-state index in [1.54, 1.807) is 0 Å². The monoisotopic (exact) mass is 845 g/mol. The highest BCUT2D eigenvalue weighted by molar-refractivity contribution is 7.46. The molecule has 2 rings (SSSR count).